The highest BCUT2D eigenvalue weighted by molar-refractivity contribution is 6.35. The minimum absolute atomic E-state index is 0.127. The van der Waals surface area contributed by atoms with Crippen LogP contribution in [-0.4, -0.2) is 19.2 Å². The topological polar surface area (TPSA) is 59.6 Å². The number of carbonyl (C=O) groups excluding carboxylic acids is 1. The first-order valence-electron chi connectivity index (χ1n) is 7.46. The number of hydrogen-bond donors (Lipinski definition) is 2. The fourth-order valence-corrected chi connectivity index (χ4v) is 2.63. The van der Waals surface area contributed by atoms with Crippen molar-refractivity contribution in [1.29, 1.82) is 0 Å². The molecular weight excluding hydrogens is 351 g/mol. The number of halogens is 2. The Balaban J connectivity index is 1.43. The van der Waals surface area contributed by atoms with Crippen LogP contribution in [0.25, 0.3) is 0 Å². The molecule has 0 atom stereocenters. The van der Waals surface area contributed by atoms with E-state index in [1.54, 1.807) is 18.2 Å². The maximum atomic E-state index is 12.0. The largest absolute Gasteiger partial charge is 0.454 e. The summed E-state index contributed by atoms with van der Waals surface area (Å²) in [5, 5.41) is 6.95. The van der Waals surface area contributed by atoms with Crippen molar-refractivity contribution in [3.05, 3.63) is 52.0 Å². The fourth-order valence-electron chi connectivity index (χ4n) is 2.29. The summed E-state index contributed by atoms with van der Waals surface area (Å²) in [5.41, 5.74) is 1.59. The van der Waals surface area contributed by atoms with Crippen molar-refractivity contribution in [1.82, 2.24) is 5.32 Å². The first kappa shape index (κ1) is 16.9. The number of rotatable bonds is 6. The maximum absolute atomic E-state index is 12.0. The molecule has 0 aliphatic carbocycles. The van der Waals surface area contributed by atoms with Crippen LogP contribution in [0.4, 0.5) is 5.69 Å². The molecule has 0 bridgehead atoms. The normalized spacial score (nSPS) is 12.2. The molecule has 1 aliphatic rings. The fraction of sp³-hybridized carbons (Fsp3) is 0.235. The van der Waals surface area contributed by atoms with E-state index in [0.29, 0.717) is 35.2 Å². The number of hydrogen-bond acceptors (Lipinski definition) is 4. The molecule has 1 aliphatic heterocycles. The SMILES string of the molecule is O=C(CCNCc1ccc2c(c1)OCO2)Nc1cc(Cl)ccc1Cl. The molecule has 1 heterocycles. The average molecular weight is 367 g/mol. The zero-order valence-electron chi connectivity index (χ0n) is 12.8. The van der Waals surface area contributed by atoms with E-state index in [-0.39, 0.29) is 12.7 Å². The first-order chi connectivity index (χ1) is 11.6. The lowest BCUT2D eigenvalue weighted by molar-refractivity contribution is -0.116. The van der Waals surface area contributed by atoms with Crippen LogP contribution in [0.1, 0.15) is 12.0 Å². The molecule has 0 fully saturated rings. The van der Waals surface area contributed by atoms with E-state index >= 15 is 0 Å². The molecule has 0 radical (unpaired) electrons. The Hall–Kier alpha value is -1.95. The smallest absolute Gasteiger partial charge is 0.231 e. The van der Waals surface area contributed by atoms with E-state index < -0.39 is 0 Å². The second-order valence-electron chi connectivity index (χ2n) is 5.29. The molecular formula is C17H16Cl2N2O3. The summed E-state index contributed by atoms with van der Waals surface area (Å²) >= 11 is 11.9. The van der Waals surface area contributed by atoms with Gasteiger partial charge in [-0.1, -0.05) is 29.3 Å². The van der Waals surface area contributed by atoms with Gasteiger partial charge in [0, 0.05) is 24.5 Å². The van der Waals surface area contributed by atoms with Gasteiger partial charge in [0.25, 0.3) is 0 Å². The highest BCUT2D eigenvalue weighted by atomic mass is 35.5. The summed E-state index contributed by atoms with van der Waals surface area (Å²) in [6.45, 7) is 1.44. The third-order valence-corrected chi connectivity index (χ3v) is 4.06. The van der Waals surface area contributed by atoms with Crippen LogP contribution in [0, 0.1) is 0 Å². The van der Waals surface area contributed by atoms with Crippen LogP contribution >= 0.6 is 23.2 Å². The minimum Gasteiger partial charge on any atom is -0.454 e. The average Bonchev–Trinajstić information content (AvgIpc) is 3.03. The van der Waals surface area contributed by atoms with Gasteiger partial charge >= 0.3 is 0 Å². The van der Waals surface area contributed by atoms with Gasteiger partial charge in [-0.3, -0.25) is 4.79 Å². The lowest BCUT2D eigenvalue weighted by Crippen LogP contribution is -2.21. The molecule has 5 nitrogen and oxygen atoms in total. The second-order valence-corrected chi connectivity index (χ2v) is 6.13. The van der Waals surface area contributed by atoms with E-state index in [2.05, 4.69) is 10.6 Å². The minimum atomic E-state index is -0.127. The summed E-state index contributed by atoms with van der Waals surface area (Å²) < 4.78 is 10.6. The van der Waals surface area contributed by atoms with Crippen LogP contribution in [0.2, 0.25) is 10.0 Å². The van der Waals surface area contributed by atoms with E-state index in [1.807, 2.05) is 18.2 Å². The zero-order chi connectivity index (χ0) is 16.9. The lowest BCUT2D eigenvalue weighted by atomic mass is 10.2. The van der Waals surface area contributed by atoms with Crippen LogP contribution < -0.4 is 20.1 Å². The molecule has 2 aromatic rings. The molecule has 0 spiro atoms. The molecule has 2 aromatic carbocycles. The Morgan fingerprint density at radius 1 is 1.08 bits per heavy atom. The third kappa shape index (κ3) is 4.32. The third-order valence-electron chi connectivity index (χ3n) is 3.50. The van der Waals surface area contributed by atoms with Gasteiger partial charge in [0.15, 0.2) is 11.5 Å². The molecule has 24 heavy (non-hydrogen) atoms. The van der Waals surface area contributed by atoms with E-state index in [9.17, 15) is 4.79 Å². The monoisotopic (exact) mass is 366 g/mol. The number of anilines is 1. The Labute approximate surface area is 149 Å². The predicted molar refractivity (Wildman–Crippen MR) is 94.0 cm³/mol. The molecule has 7 heteroatoms. The number of ether oxygens (including phenoxy) is 2. The van der Waals surface area contributed by atoms with Crippen molar-refractivity contribution in [3.63, 3.8) is 0 Å². The summed E-state index contributed by atoms with van der Waals surface area (Å²) in [7, 11) is 0. The van der Waals surface area contributed by atoms with Gasteiger partial charge in [-0.2, -0.15) is 0 Å². The van der Waals surface area contributed by atoms with Gasteiger partial charge in [0.05, 0.1) is 10.7 Å². The first-order valence-corrected chi connectivity index (χ1v) is 8.21. The molecule has 0 saturated heterocycles. The predicted octanol–water partition coefficient (Wildman–Crippen LogP) is 3.84. The number of benzene rings is 2. The van der Waals surface area contributed by atoms with Gasteiger partial charge in [0.1, 0.15) is 0 Å². The van der Waals surface area contributed by atoms with Crippen LogP contribution in [0.3, 0.4) is 0 Å². The van der Waals surface area contributed by atoms with Crippen LogP contribution in [0.15, 0.2) is 36.4 Å². The molecule has 3 rings (SSSR count). The van der Waals surface area contributed by atoms with Crippen molar-refractivity contribution in [3.8, 4) is 11.5 Å². The molecule has 0 unspecified atom stereocenters. The van der Waals surface area contributed by atoms with Crippen LogP contribution in [0.5, 0.6) is 11.5 Å². The van der Waals surface area contributed by atoms with Gasteiger partial charge in [-0.05, 0) is 35.9 Å². The van der Waals surface area contributed by atoms with Gasteiger partial charge in [0.2, 0.25) is 12.7 Å². The number of amides is 1. The number of fused-ring (bicyclic) bond motifs is 1. The maximum Gasteiger partial charge on any atom is 0.231 e. The molecule has 0 saturated carbocycles. The summed E-state index contributed by atoms with van der Waals surface area (Å²) in [6, 6.07) is 10.7. The number of nitrogens with one attached hydrogen (secondary N) is 2. The standard InChI is InChI=1S/C17H16Cl2N2O3/c18-12-2-3-13(19)14(8-12)21-17(22)5-6-20-9-11-1-4-15-16(7-11)24-10-23-15/h1-4,7-8,20H,5-6,9-10H2,(H,21,22). The van der Waals surface area contributed by atoms with Crippen molar-refractivity contribution >= 4 is 34.8 Å². The lowest BCUT2D eigenvalue weighted by Gasteiger charge is -2.09. The van der Waals surface area contributed by atoms with Crippen molar-refractivity contribution < 1.29 is 14.3 Å². The van der Waals surface area contributed by atoms with Crippen molar-refractivity contribution in [2.24, 2.45) is 0 Å². The van der Waals surface area contributed by atoms with Gasteiger partial charge < -0.3 is 20.1 Å². The highest BCUT2D eigenvalue weighted by Crippen LogP contribution is 2.32. The van der Waals surface area contributed by atoms with Crippen molar-refractivity contribution in [2.75, 3.05) is 18.7 Å². The van der Waals surface area contributed by atoms with Gasteiger partial charge in [-0.15, -0.1) is 0 Å². The number of carbonyl (C=O) groups is 1. The molecule has 126 valence electrons. The van der Waals surface area contributed by atoms with Crippen LogP contribution in [-0.2, 0) is 11.3 Å². The van der Waals surface area contributed by atoms with E-state index in [1.165, 1.54) is 0 Å². The summed E-state index contributed by atoms with van der Waals surface area (Å²) in [6.07, 6.45) is 0.327. The highest BCUT2D eigenvalue weighted by Gasteiger charge is 2.13. The Morgan fingerprint density at radius 2 is 1.92 bits per heavy atom. The molecule has 0 aromatic heterocycles. The zero-order valence-corrected chi connectivity index (χ0v) is 14.3. The quantitative estimate of drug-likeness (QED) is 0.762. The second kappa shape index (κ2) is 7.75. The van der Waals surface area contributed by atoms with Gasteiger partial charge in [-0.25, -0.2) is 0 Å². The van der Waals surface area contributed by atoms with E-state index in [4.69, 9.17) is 32.7 Å². The molecule has 1 amide bonds. The Kier molecular flexibility index (Phi) is 5.45. The Bertz CT molecular complexity index is 753. The van der Waals surface area contributed by atoms with Crippen molar-refractivity contribution in [2.45, 2.75) is 13.0 Å². The van der Waals surface area contributed by atoms with E-state index in [0.717, 1.165) is 17.1 Å². The Morgan fingerprint density at radius 3 is 2.79 bits per heavy atom. The summed E-state index contributed by atoms with van der Waals surface area (Å²) in [5.74, 6) is 1.39. The summed E-state index contributed by atoms with van der Waals surface area (Å²) in [4.78, 5) is 12.0. The molecule has 2 N–H and O–H groups in total.